The molecule has 0 unspecified atom stereocenters. The molecule has 9 nitrogen and oxygen atoms in total. The first-order chi connectivity index (χ1) is 20.5. The van der Waals surface area contributed by atoms with Gasteiger partial charge in [-0.15, -0.1) is 0 Å². The van der Waals surface area contributed by atoms with Crippen LogP contribution >= 0.6 is 11.9 Å². The molecule has 3 aromatic carbocycles. The molecule has 1 fully saturated rings. The molecule has 0 radical (unpaired) electrons. The summed E-state index contributed by atoms with van der Waals surface area (Å²) >= 11 is 1.62. The lowest BCUT2D eigenvalue weighted by molar-refractivity contribution is 0.0663. The lowest BCUT2D eigenvalue weighted by Gasteiger charge is -2.38. The summed E-state index contributed by atoms with van der Waals surface area (Å²) in [6.45, 7) is 5.16. The maximum absolute atomic E-state index is 12.8. The van der Waals surface area contributed by atoms with E-state index >= 15 is 0 Å². The van der Waals surface area contributed by atoms with E-state index in [1.54, 1.807) is 31.3 Å². The second-order valence-electron chi connectivity index (χ2n) is 10.2. The van der Waals surface area contributed by atoms with E-state index in [9.17, 15) is 14.7 Å². The van der Waals surface area contributed by atoms with Crippen molar-refractivity contribution >= 4 is 46.2 Å². The zero-order valence-corrected chi connectivity index (χ0v) is 24.0. The molecule has 2 N–H and O–H groups in total. The Kier molecular flexibility index (Phi) is 7.87. The fourth-order valence-corrected chi connectivity index (χ4v) is 6.29. The van der Waals surface area contributed by atoms with Crippen molar-refractivity contribution in [2.75, 3.05) is 41.9 Å². The number of H-pyrrole nitrogens is 1. The molecule has 0 spiro atoms. The fraction of sp³-hybridized carbons (Fsp3) is 0.219. The van der Waals surface area contributed by atoms with Gasteiger partial charge in [-0.25, -0.2) is 9.78 Å². The molecule has 42 heavy (non-hydrogen) atoms. The maximum atomic E-state index is 12.8. The van der Waals surface area contributed by atoms with E-state index in [4.69, 9.17) is 4.42 Å². The first-order valence-corrected chi connectivity index (χ1v) is 14.6. The van der Waals surface area contributed by atoms with Crippen LogP contribution in [0.3, 0.4) is 0 Å². The van der Waals surface area contributed by atoms with Gasteiger partial charge < -0.3 is 28.6 Å². The van der Waals surface area contributed by atoms with E-state index in [2.05, 4.69) is 55.6 Å². The number of nitrogens with one attached hydrogen (secondary N) is 1. The quantitative estimate of drug-likeness (QED) is 0.208. The fourth-order valence-electron chi connectivity index (χ4n) is 5.30. The number of nitrogens with zero attached hydrogens (tertiary/aromatic N) is 4. The summed E-state index contributed by atoms with van der Waals surface area (Å²) in [7, 11) is 0. The van der Waals surface area contributed by atoms with Gasteiger partial charge in [-0.3, -0.25) is 4.79 Å². The van der Waals surface area contributed by atoms with Crippen molar-refractivity contribution in [3.63, 3.8) is 0 Å². The summed E-state index contributed by atoms with van der Waals surface area (Å²) in [6, 6.07) is 24.6. The molecule has 1 aliphatic heterocycles. The number of aromatic nitrogens is 2. The lowest BCUT2D eigenvalue weighted by Crippen LogP contribution is -2.49. The number of imidazole rings is 1. The van der Waals surface area contributed by atoms with Crippen LogP contribution in [0.4, 0.5) is 11.4 Å². The number of aromatic carboxylic acids is 1. The summed E-state index contributed by atoms with van der Waals surface area (Å²) in [6.07, 6.45) is 4.11. The average molecular weight is 582 g/mol. The first kappa shape index (κ1) is 27.5. The number of aryl methyl sites for hydroxylation is 1. The van der Waals surface area contributed by atoms with Gasteiger partial charge in [0.15, 0.2) is 5.82 Å². The Morgan fingerprint density at radius 3 is 2.52 bits per heavy atom. The van der Waals surface area contributed by atoms with Crippen molar-refractivity contribution in [2.45, 2.75) is 18.2 Å². The van der Waals surface area contributed by atoms with Gasteiger partial charge >= 0.3 is 5.97 Å². The minimum atomic E-state index is -1.07. The van der Waals surface area contributed by atoms with Crippen LogP contribution in [0.15, 0.2) is 94.5 Å². The van der Waals surface area contributed by atoms with Gasteiger partial charge in [-0.05, 0) is 61.2 Å². The van der Waals surface area contributed by atoms with Crippen molar-refractivity contribution in [3.05, 3.63) is 108 Å². The number of carbonyl (C=O) groups excluding carboxylic acids is 1. The second-order valence-corrected chi connectivity index (χ2v) is 11.2. The summed E-state index contributed by atoms with van der Waals surface area (Å²) in [4.78, 5) is 36.6. The topological polar surface area (TPSA) is 106 Å². The van der Waals surface area contributed by atoms with Crippen molar-refractivity contribution in [1.29, 1.82) is 0 Å². The summed E-state index contributed by atoms with van der Waals surface area (Å²) < 4.78 is 7.90. The normalized spacial score (nSPS) is 13.5. The zero-order chi connectivity index (χ0) is 29.1. The van der Waals surface area contributed by atoms with E-state index in [0.29, 0.717) is 43.1 Å². The first-order valence-electron chi connectivity index (χ1n) is 13.9. The largest absolute Gasteiger partial charge is 0.475 e. The van der Waals surface area contributed by atoms with Gasteiger partial charge in [0.2, 0.25) is 5.76 Å². The highest BCUT2D eigenvalue weighted by Gasteiger charge is 2.26. The molecule has 1 saturated heterocycles. The predicted octanol–water partition coefficient (Wildman–Crippen LogP) is 5.88. The third-order valence-corrected chi connectivity index (χ3v) is 8.59. The van der Waals surface area contributed by atoms with Gasteiger partial charge in [0.1, 0.15) is 5.58 Å². The molecule has 5 aromatic rings. The Labute approximate surface area is 247 Å². The highest BCUT2D eigenvalue weighted by atomic mass is 32.2. The highest BCUT2D eigenvalue weighted by molar-refractivity contribution is 8.00. The smallest absolute Gasteiger partial charge is 0.372 e. The number of rotatable bonds is 9. The van der Waals surface area contributed by atoms with E-state index in [-0.39, 0.29) is 11.7 Å². The number of furan rings is 1. The summed E-state index contributed by atoms with van der Waals surface area (Å²) in [5.74, 6) is -0.804. The van der Waals surface area contributed by atoms with E-state index in [0.717, 1.165) is 34.6 Å². The van der Waals surface area contributed by atoms with Crippen LogP contribution in [0.25, 0.3) is 11.0 Å². The number of aromatic amines is 1. The number of anilines is 2. The van der Waals surface area contributed by atoms with Crippen molar-refractivity contribution in [3.8, 4) is 0 Å². The minimum Gasteiger partial charge on any atom is -0.475 e. The predicted molar refractivity (Wildman–Crippen MR) is 164 cm³/mol. The SMILES string of the molecule is Cc1c(C(=O)O)oc2ccc(SN(CCc3ccccc3)c3ccccc3N3CCN(C(=O)c4ncc[nH]4)CC3)cc12. The van der Waals surface area contributed by atoms with Crippen molar-refractivity contribution in [2.24, 2.45) is 0 Å². The Morgan fingerprint density at radius 2 is 1.79 bits per heavy atom. The van der Waals surface area contributed by atoms with Crippen LogP contribution < -0.4 is 9.21 Å². The van der Waals surface area contributed by atoms with Gasteiger partial charge in [-0.1, -0.05) is 42.5 Å². The Morgan fingerprint density at radius 1 is 1.02 bits per heavy atom. The van der Waals surface area contributed by atoms with E-state index in [1.807, 2.05) is 41.3 Å². The van der Waals surface area contributed by atoms with Crippen LogP contribution in [0.5, 0.6) is 0 Å². The van der Waals surface area contributed by atoms with Gasteiger partial charge in [-0.2, -0.15) is 0 Å². The number of hydrogen-bond donors (Lipinski definition) is 2. The number of carboxylic acid groups (broad SMARTS) is 1. The molecular formula is C32H31N5O4S. The van der Waals surface area contributed by atoms with E-state index in [1.165, 1.54) is 5.56 Å². The van der Waals surface area contributed by atoms with Gasteiger partial charge in [0.05, 0.1) is 11.4 Å². The molecule has 214 valence electrons. The lowest BCUT2D eigenvalue weighted by atomic mass is 10.1. The highest BCUT2D eigenvalue weighted by Crippen LogP contribution is 2.38. The zero-order valence-electron chi connectivity index (χ0n) is 23.2. The molecule has 1 aliphatic rings. The van der Waals surface area contributed by atoms with Crippen LogP contribution in [0.2, 0.25) is 0 Å². The third kappa shape index (κ3) is 5.71. The number of hydrogen-bond acceptors (Lipinski definition) is 7. The molecule has 1 amide bonds. The number of amides is 1. The van der Waals surface area contributed by atoms with Crippen LogP contribution in [0.1, 0.15) is 32.3 Å². The molecule has 0 atom stereocenters. The minimum absolute atomic E-state index is 0.0249. The molecule has 10 heteroatoms. The number of benzene rings is 3. The second kappa shape index (κ2) is 12.0. The van der Waals surface area contributed by atoms with Crippen LogP contribution in [-0.2, 0) is 6.42 Å². The number of piperazine rings is 1. The maximum Gasteiger partial charge on any atom is 0.372 e. The number of para-hydroxylation sites is 2. The molecule has 3 heterocycles. The average Bonchev–Trinajstić information content (AvgIpc) is 3.68. The van der Waals surface area contributed by atoms with E-state index < -0.39 is 5.97 Å². The van der Waals surface area contributed by atoms with Crippen molar-refractivity contribution < 1.29 is 19.1 Å². The number of fused-ring (bicyclic) bond motifs is 1. The van der Waals surface area contributed by atoms with Gasteiger partial charge in [0, 0.05) is 61.0 Å². The Balaban J connectivity index is 1.27. The molecule has 6 rings (SSSR count). The summed E-state index contributed by atoms with van der Waals surface area (Å²) in [5, 5.41) is 10.3. The molecule has 0 aliphatic carbocycles. The standard InChI is InChI=1S/C32H31N5O4S/c1-22-25-21-24(11-12-28(25)41-29(22)32(39)40)42-37(16-13-23-7-3-2-4-8-23)27-10-6-5-9-26(27)35-17-19-36(20-18-35)31(38)30-33-14-15-34-30/h2-12,14-15,21H,13,16-20H2,1H3,(H,33,34)(H,39,40). The summed E-state index contributed by atoms with van der Waals surface area (Å²) in [5.41, 5.74) is 4.62. The molecule has 2 aromatic heterocycles. The Hall–Kier alpha value is -4.70. The number of carbonyl (C=O) groups is 2. The van der Waals surface area contributed by atoms with Crippen molar-refractivity contribution in [1.82, 2.24) is 14.9 Å². The monoisotopic (exact) mass is 581 g/mol. The van der Waals surface area contributed by atoms with Crippen LogP contribution in [0, 0.1) is 6.92 Å². The molecule has 0 bridgehead atoms. The third-order valence-electron chi connectivity index (χ3n) is 7.52. The molecular weight excluding hydrogens is 550 g/mol. The molecule has 0 saturated carbocycles. The van der Waals surface area contributed by atoms with Gasteiger partial charge in [0.25, 0.3) is 5.91 Å². The Bertz CT molecular complexity index is 1690. The number of carboxylic acids is 1. The van der Waals surface area contributed by atoms with Crippen LogP contribution in [-0.4, -0.2) is 64.6 Å².